The highest BCUT2D eigenvalue weighted by Crippen LogP contribution is 2.40. The fourth-order valence-electron chi connectivity index (χ4n) is 0.336. The third-order valence-electron chi connectivity index (χ3n) is 1.03. The van der Waals surface area contributed by atoms with Crippen LogP contribution in [-0.4, -0.2) is 15.5 Å². The Kier molecular flexibility index (Phi) is 3.00. The van der Waals surface area contributed by atoms with Crippen LogP contribution in [0.1, 0.15) is 20.3 Å². The summed E-state index contributed by atoms with van der Waals surface area (Å²) in [7, 11) is -4.43. The highest BCUT2D eigenvalue weighted by Gasteiger charge is 2.27. The van der Waals surface area contributed by atoms with Crippen molar-refractivity contribution < 1.29 is 18.9 Å². The maximum atomic E-state index is 10.2. The summed E-state index contributed by atoms with van der Waals surface area (Å²) in [6.45, 7) is 3.09. The molecule has 1 unspecified atom stereocenters. The van der Waals surface area contributed by atoms with Gasteiger partial charge < -0.3 is 15.5 Å². The predicted molar refractivity (Wildman–Crippen MR) is 36.0 cm³/mol. The first-order valence-corrected chi connectivity index (χ1v) is 4.35. The number of phosphoric acid groups is 1. The summed E-state index contributed by atoms with van der Waals surface area (Å²) in [6, 6.07) is 0. The van der Waals surface area contributed by atoms with Crippen LogP contribution in [0.25, 0.3) is 0 Å². The van der Waals surface area contributed by atoms with Crippen molar-refractivity contribution >= 4 is 7.82 Å². The van der Waals surface area contributed by atoms with Crippen molar-refractivity contribution in [3.05, 3.63) is 0 Å². The van der Waals surface area contributed by atoms with E-state index < -0.39 is 13.5 Å². The molecule has 4 N–H and O–H groups in total. The Morgan fingerprint density at radius 2 is 2.10 bits per heavy atom. The van der Waals surface area contributed by atoms with E-state index in [0.717, 1.165) is 0 Å². The lowest BCUT2D eigenvalue weighted by atomic mass is 10.2. The Balaban J connectivity index is 4.02. The zero-order valence-corrected chi connectivity index (χ0v) is 6.84. The zero-order valence-electron chi connectivity index (χ0n) is 5.94. The van der Waals surface area contributed by atoms with Crippen LogP contribution in [0.5, 0.6) is 0 Å². The topological polar surface area (TPSA) is 92.8 Å². The van der Waals surface area contributed by atoms with Gasteiger partial charge in [0, 0.05) is 0 Å². The molecule has 5 nitrogen and oxygen atoms in total. The minimum atomic E-state index is -4.43. The Labute approximate surface area is 59.4 Å². The molecular formula is C4H12NO4P. The van der Waals surface area contributed by atoms with Crippen molar-refractivity contribution in [2.24, 2.45) is 5.73 Å². The van der Waals surface area contributed by atoms with Gasteiger partial charge in [0.15, 0.2) is 0 Å². The van der Waals surface area contributed by atoms with Gasteiger partial charge in [0.2, 0.25) is 0 Å². The largest absolute Gasteiger partial charge is 0.471 e. The molecule has 0 aromatic carbocycles. The van der Waals surface area contributed by atoms with E-state index in [1.54, 1.807) is 6.92 Å². The van der Waals surface area contributed by atoms with Crippen molar-refractivity contribution in [3.63, 3.8) is 0 Å². The van der Waals surface area contributed by atoms with Crippen molar-refractivity contribution in [2.45, 2.75) is 26.0 Å². The summed E-state index contributed by atoms with van der Waals surface area (Å²) in [6.07, 6.45) is 0.345. The molecule has 0 heterocycles. The summed E-state index contributed by atoms with van der Waals surface area (Å²) < 4.78 is 14.4. The molecule has 0 saturated heterocycles. The molecular weight excluding hydrogens is 157 g/mol. The van der Waals surface area contributed by atoms with Crippen molar-refractivity contribution in [1.82, 2.24) is 0 Å². The monoisotopic (exact) mass is 169 g/mol. The summed E-state index contributed by atoms with van der Waals surface area (Å²) in [4.78, 5) is 16.6. The Bertz CT molecular complexity index is 151. The molecule has 0 saturated carbocycles. The SMILES string of the molecule is CCC(C)(N)OP(=O)(O)O. The summed E-state index contributed by atoms with van der Waals surface area (Å²) in [5.41, 5.74) is 4.05. The van der Waals surface area contributed by atoms with Crippen LogP contribution in [0.4, 0.5) is 0 Å². The number of phosphoric ester groups is 1. The van der Waals surface area contributed by atoms with Gasteiger partial charge in [-0.2, -0.15) is 0 Å². The Morgan fingerprint density at radius 3 is 2.20 bits per heavy atom. The number of hydrogen-bond donors (Lipinski definition) is 3. The second kappa shape index (κ2) is 2.98. The van der Waals surface area contributed by atoms with Gasteiger partial charge >= 0.3 is 7.82 Å². The van der Waals surface area contributed by atoms with E-state index in [0.29, 0.717) is 6.42 Å². The van der Waals surface area contributed by atoms with Gasteiger partial charge in [-0.25, -0.2) is 4.57 Å². The van der Waals surface area contributed by atoms with Gasteiger partial charge in [0.05, 0.1) is 0 Å². The van der Waals surface area contributed by atoms with Gasteiger partial charge in [0.1, 0.15) is 5.72 Å². The number of nitrogens with two attached hydrogens (primary N) is 1. The summed E-state index contributed by atoms with van der Waals surface area (Å²) >= 11 is 0. The van der Waals surface area contributed by atoms with Crippen LogP contribution in [0.15, 0.2) is 0 Å². The highest BCUT2D eigenvalue weighted by molar-refractivity contribution is 7.46. The summed E-state index contributed by atoms with van der Waals surface area (Å²) in [5, 5.41) is 0. The number of rotatable bonds is 3. The average molecular weight is 169 g/mol. The molecule has 0 aromatic heterocycles. The first-order chi connectivity index (χ1) is 4.27. The predicted octanol–water partition coefficient (Wildman–Crippen LogP) is 0.181. The quantitative estimate of drug-likeness (QED) is 0.414. The van der Waals surface area contributed by atoms with E-state index in [1.165, 1.54) is 6.92 Å². The lowest BCUT2D eigenvalue weighted by Crippen LogP contribution is -2.37. The molecule has 0 amide bonds. The smallest absolute Gasteiger partial charge is 0.303 e. The van der Waals surface area contributed by atoms with E-state index in [-0.39, 0.29) is 0 Å². The highest BCUT2D eigenvalue weighted by atomic mass is 31.2. The minimum absolute atomic E-state index is 0.345. The molecule has 1 atom stereocenters. The van der Waals surface area contributed by atoms with E-state index in [9.17, 15) is 4.57 Å². The van der Waals surface area contributed by atoms with Crippen molar-refractivity contribution in [2.75, 3.05) is 0 Å². The maximum absolute atomic E-state index is 10.2. The van der Waals surface area contributed by atoms with Crippen LogP contribution in [0.2, 0.25) is 0 Å². The molecule has 6 heteroatoms. The van der Waals surface area contributed by atoms with Crippen LogP contribution in [0, 0.1) is 0 Å². The number of hydrogen-bond acceptors (Lipinski definition) is 3. The molecule has 0 aliphatic carbocycles. The van der Waals surface area contributed by atoms with Gasteiger partial charge in [-0.3, -0.25) is 4.52 Å². The Hall–Kier alpha value is 0.0700. The van der Waals surface area contributed by atoms with E-state index >= 15 is 0 Å². The first-order valence-electron chi connectivity index (χ1n) is 2.82. The van der Waals surface area contributed by atoms with Gasteiger partial charge in [-0.05, 0) is 13.3 Å². The van der Waals surface area contributed by atoms with Crippen molar-refractivity contribution in [3.8, 4) is 0 Å². The third-order valence-corrected chi connectivity index (χ3v) is 1.68. The van der Waals surface area contributed by atoms with Crippen molar-refractivity contribution in [1.29, 1.82) is 0 Å². The Morgan fingerprint density at radius 1 is 1.70 bits per heavy atom. The second-order valence-corrected chi connectivity index (χ2v) is 3.41. The van der Waals surface area contributed by atoms with E-state index in [1.807, 2.05) is 0 Å². The lowest BCUT2D eigenvalue weighted by molar-refractivity contribution is 0.0517. The molecule has 10 heavy (non-hydrogen) atoms. The summed E-state index contributed by atoms with van der Waals surface area (Å²) in [5.74, 6) is 0. The molecule has 0 aromatic rings. The molecule has 0 aliphatic rings. The molecule has 0 rings (SSSR count). The molecule has 0 spiro atoms. The minimum Gasteiger partial charge on any atom is -0.303 e. The van der Waals surface area contributed by atoms with Gasteiger partial charge in [-0.15, -0.1) is 0 Å². The molecule has 62 valence electrons. The molecule has 0 fully saturated rings. The van der Waals surface area contributed by atoms with Gasteiger partial charge in [0.25, 0.3) is 0 Å². The average Bonchev–Trinajstić information content (AvgIpc) is 1.60. The van der Waals surface area contributed by atoms with Crippen LogP contribution < -0.4 is 5.73 Å². The fourth-order valence-corrected chi connectivity index (χ4v) is 1.01. The molecule has 0 radical (unpaired) electrons. The van der Waals surface area contributed by atoms with Crippen LogP contribution >= 0.6 is 7.82 Å². The van der Waals surface area contributed by atoms with E-state index in [2.05, 4.69) is 4.52 Å². The molecule has 0 aliphatic heterocycles. The second-order valence-electron chi connectivity index (χ2n) is 2.25. The third kappa shape index (κ3) is 4.90. The normalized spacial score (nSPS) is 18.5. The fraction of sp³-hybridized carbons (Fsp3) is 1.00. The maximum Gasteiger partial charge on any atom is 0.471 e. The standard InChI is InChI=1S/C4H12NO4P/c1-3-4(2,5)9-10(6,7)8/h3,5H2,1-2H3,(H2,6,7,8). The lowest BCUT2D eigenvalue weighted by Gasteiger charge is -2.22. The zero-order chi connectivity index (χ0) is 8.41. The first kappa shape index (κ1) is 10.1. The van der Waals surface area contributed by atoms with Crippen LogP contribution in [0.3, 0.4) is 0 Å². The molecule has 0 bridgehead atoms. The van der Waals surface area contributed by atoms with E-state index in [4.69, 9.17) is 15.5 Å². The van der Waals surface area contributed by atoms with Gasteiger partial charge in [-0.1, -0.05) is 6.92 Å². The van der Waals surface area contributed by atoms with Crippen LogP contribution in [-0.2, 0) is 9.09 Å².